The Balaban J connectivity index is 2.31. The lowest BCUT2D eigenvalue weighted by molar-refractivity contribution is -0.125. The van der Waals surface area contributed by atoms with Crippen LogP contribution in [0.1, 0.15) is 30.1 Å². The molecule has 1 saturated carbocycles. The van der Waals surface area contributed by atoms with Crippen LogP contribution >= 0.6 is 0 Å². The lowest BCUT2D eigenvalue weighted by Crippen LogP contribution is -2.30. The third-order valence-corrected chi connectivity index (χ3v) is 4.81. The molecule has 1 aromatic carbocycles. The van der Waals surface area contributed by atoms with E-state index >= 15 is 0 Å². The maximum absolute atomic E-state index is 12.4. The van der Waals surface area contributed by atoms with Gasteiger partial charge in [0.1, 0.15) is 10.6 Å². The van der Waals surface area contributed by atoms with Gasteiger partial charge in [0.25, 0.3) is 5.91 Å². The van der Waals surface area contributed by atoms with Crippen molar-refractivity contribution in [2.45, 2.75) is 36.8 Å². The summed E-state index contributed by atoms with van der Waals surface area (Å²) in [6.07, 6.45) is 0.438. The molecule has 0 heterocycles. The van der Waals surface area contributed by atoms with Crippen LogP contribution in [0.15, 0.2) is 23.1 Å². The van der Waals surface area contributed by atoms with E-state index in [1.165, 1.54) is 26.2 Å². The number of carbonyl (C=O) groups excluding carboxylic acids is 2. The molecule has 0 radical (unpaired) electrons. The first kappa shape index (κ1) is 17.2. The van der Waals surface area contributed by atoms with Crippen LogP contribution in [-0.2, 0) is 19.6 Å². The Hall–Kier alpha value is -2.13. The summed E-state index contributed by atoms with van der Waals surface area (Å²) < 4.78 is 37.1. The smallest absolute Gasteiger partial charge is 0.338 e. The number of hydrogen-bond acceptors (Lipinski definition) is 6. The van der Waals surface area contributed by atoms with Crippen molar-refractivity contribution in [3.05, 3.63) is 23.8 Å². The van der Waals surface area contributed by atoms with Gasteiger partial charge in [0.15, 0.2) is 6.10 Å². The summed E-state index contributed by atoms with van der Waals surface area (Å²) in [5.74, 6) is -1.53. The van der Waals surface area contributed by atoms with Crippen LogP contribution in [-0.4, -0.2) is 39.5 Å². The molecule has 9 heteroatoms. The lowest BCUT2D eigenvalue weighted by atomic mass is 10.2. The largest absolute Gasteiger partial charge is 0.495 e. The Bertz CT molecular complexity index is 727. The van der Waals surface area contributed by atoms with Crippen LogP contribution in [0.3, 0.4) is 0 Å². The second-order valence-corrected chi connectivity index (χ2v) is 6.89. The van der Waals surface area contributed by atoms with E-state index in [4.69, 9.17) is 15.2 Å². The van der Waals surface area contributed by atoms with Gasteiger partial charge in [0, 0.05) is 6.04 Å². The van der Waals surface area contributed by atoms with Crippen molar-refractivity contribution >= 4 is 21.9 Å². The van der Waals surface area contributed by atoms with E-state index in [1.54, 1.807) is 0 Å². The minimum atomic E-state index is -3.82. The predicted molar refractivity (Wildman–Crippen MR) is 80.4 cm³/mol. The average molecular weight is 342 g/mol. The maximum atomic E-state index is 12.4. The fourth-order valence-electron chi connectivity index (χ4n) is 1.78. The highest BCUT2D eigenvalue weighted by Gasteiger charge is 2.30. The molecule has 1 atom stereocenters. The SMILES string of the molecule is COc1ccc(C(=O)O[C@H](C)C(N)=O)cc1S(=O)(=O)NC1CC1. The molecule has 0 spiro atoms. The molecule has 0 bridgehead atoms. The molecule has 1 amide bonds. The fraction of sp³-hybridized carbons (Fsp3) is 0.429. The minimum Gasteiger partial charge on any atom is -0.495 e. The normalized spacial score (nSPS) is 15.7. The lowest BCUT2D eigenvalue weighted by Gasteiger charge is -2.13. The molecular weight excluding hydrogens is 324 g/mol. The fourth-order valence-corrected chi connectivity index (χ4v) is 3.28. The number of amides is 1. The molecule has 8 nitrogen and oxygen atoms in total. The highest BCUT2D eigenvalue weighted by Crippen LogP contribution is 2.28. The molecular formula is C14H18N2O6S. The number of esters is 1. The van der Waals surface area contributed by atoms with E-state index in [0.29, 0.717) is 0 Å². The van der Waals surface area contributed by atoms with Gasteiger partial charge in [0.05, 0.1) is 12.7 Å². The average Bonchev–Trinajstić information content (AvgIpc) is 3.29. The first-order valence-corrected chi connectivity index (χ1v) is 8.43. The first-order chi connectivity index (χ1) is 10.7. The summed E-state index contributed by atoms with van der Waals surface area (Å²) in [6.45, 7) is 1.33. The standard InChI is InChI=1S/C14H18N2O6S/c1-8(13(15)17)22-14(18)9-3-6-11(21-2)12(7-9)23(19,20)16-10-4-5-10/h3,6-8,10,16H,4-5H2,1-2H3,(H2,15,17)/t8-/m1/s1. The number of primary amides is 1. The second-order valence-electron chi connectivity index (χ2n) is 5.21. The van der Waals surface area contributed by atoms with Gasteiger partial charge >= 0.3 is 5.97 Å². The summed E-state index contributed by atoms with van der Waals surface area (Å²) >= 11 is 0. The quantitative estimate of drug-likeness (QED) is 0.680. The van der Waals surface area contributed by atoms with Crippen LogP contribution < -0.4 is 15.2 Å². The van der Waals surface area contributed by atoms with E-state index < -0.39 is 28.0 Å². The predicted octanol–water partition coefficient (Wildman–Crippen LogP) is 0.166. The number of sulfonamides is 1. The van der Waals surface area contributed by atoms with Gasteiger partial charge in [-0.2, -0.15) is 0 Å². The number of ether oxygens (including phenoxy) is 2. The van der Waals surface area contributed by atoms with Gasteiger partial charge in [-0.05, 0) is 38.0 Å². The molecule has 23 heavy (non-hydrogen) atoms. The Kier molecular flexibility index (Phi) is 4.90. The summed E-state index contributed by atoms with van der Waals surface area (Å²) in [5.41, 5.74) is 5.01. The summed E-state index contributed by atoms with van der Waals surface area (Å²) in [6, 6.07) is 3.77. The molecule has 0 saturated heterocycles. The number of carbonyl (C=O) groups is 2. The Morgan fingerprint density at radius 2 is 2.00 bits per heavy atom. The number of nitrogens with two attached hydrogens (primary N) is 1. The molecule has 1 fully saturated rings. The minimum absolute atomic E-state index is 0.0185. The van der Waals surface area contributed by atoms with Crippen molar-refractivity contribution in [3.63, 3.8) is 0 Å². The summed E-state index contributed by atoms with van der Waals surface area (Å²) in [5, 5.41) is 0. The Morgan fingerprint density at radius 1 is 1.35 bits per heavy atom. The number of nitrogens with one attached hydrogen (secondary N) is 1. The molecule has 1 aliphatic rings. The van der Waals surface area contributed by atoms with Crippen molar-refractivity contribution < 1.29 is 27.5 Å². The number of benzene rings is 1. The Labute approximate surface area is 134 Å². The highest BCUT2D eigenvalue weighted by molar-refractivity contribution is 7.89. The van der Waals surface area contributed by atoms with Gasteiger partial charge < -0.3 is 15.2 Å². The van der Waals surface area contributed by atoms with Crippen LogP contribution in [0, 0.1) is 0 Å². The van der Waals surface area contributed by atoms with Crippen LogP contribution in [0.5, 0.6) is 5.75 Å². The highest BCUT2D eigenvalue weighted by atomic mass is 32.2. The zero-order valence-electron chi connectivity index (χ0n) is 12.7. The van der Waals surface area contributed by atoms with Gasteiger partial charge in [-0.3, -0.25) is 4.79 Å². The topological polar surface area (TPSA) is 125 Å². The van der Waals surface area contributed by atoms with Gasteiger partial charge in [-0.15, -0.1) is 0 Å². The van der Waals surface area contributed by atoms with Crippen LogP contribution in [0.4, 0.5) is 0 Å². The molecule has 3 N–H and O–H groups in total. The summed E-state index contributed by atoms with van der Waals surface area (Å²) in [4.78, 5) is 22.8. The molecule has 1 aromatic rings. The zero-order valence-corrected chi connectivity index (χ0v) is 13.6. The van der Waals surface area contributed by atoms with E-state index in [2.05, 4.69) is 4.72 Å². The third kappa shape index (κ3) is 4.20. The van der Waals surface area contributed by atoms with E-state index in [0.717, 1.165) is 18.9 Å². The van der Waals surface area contributed by atoms with Crippen molar-refractivity contribution in [2.75, 3.05) is 7.11 Å². The van der Waals surface area contributed by atoms with E-state index in [-0.39, 0.29) is 22.3 Å². The van der Waals surface area contributed by atoms with E-state index in [1.807, 2.05) is 0 Å². The van der Waals surface area contributed by atoms with Crippen molar-refractivity contribution in [3.8, 4) is 5.75 Å². The maximum Gasteiger partial charge on any atom is 0.338 e. The zero-order chi connectivity index (χ0) is 17.2. The van der Waals surface area contributed by atoms with Crippen LogP contribution in [0.25, 0.3) is 0 Å². The van der Waals surface area contributed by atoms with Gasteiger partial charge in [-0.1, -0.05) is 0 Å². The molecule has 0 aromatic heterocycles. The molecule has 1 aliphatic carbocycles. The van der Waals surface area contributed by atoms with E-state index in [9.17, 15) is 18.0 Å². The monoisotopic (exact) mass is 342 g/mol. The number of hydrogen-bond donors (Lipinski definition) is 2. The molecule has 126 valence electrons. The van der Waals surface area contributed by atoms with Crippen molar-refractivity contribution in [2.24, 2.45) is 5.73 Å². The number of rotatable bonds is 7. The second kappa shape index (κ2) is 6.55. The van der Waals surface area contributed by atoms with Crippen molar-refractivity contribution in [1.82, 2.24) is 4.72 Å². The molecule has 0 aliphatic heterocycles. The van der Waals surface area contributed by atoms with Crippen molar-refractivity contribution in [1.29, 1.82) is 0 Å². The molecule has 2 rings (SSSR count). The van der Waals surface area contributed by atoms with Gasteiger partial charge in [0.2, 0.25) is 10.0 Å². The van der Waals surface area contributed by atoms with Gasteiger partial charge in [-0.25, -0.2) is 17.9 Å². The number of methoxy groups -OCH3 is 1. The first-order valence-electron chi connectivity index (χ1n) is 6.95. The third-order valence-electron chi connectivity index (χ3n) is 3.27. The molecule has 0 unspecified atom stereocenters. The summed E-state index contributed by atoms with van der Waals surface area (Å²) in [7, 11) is -2.48. The van der Waals surface area contributed by atoms with Crippen LogP contribution in [0.2, 0.25) is 0 Å². The Morgan fingerprint density at radius 3 is 2.52 bits per heavy atom.